The highest BCUT2D eigenvalue weighted by Crippen LogP contribution is 2.48. The number of nitrogens with zero attached hydrogens (tertiary/aromatic N) is 4. The average molecular weight is 1050 g/mol. The number of anilines is 9. The van der Waals surface area contributed by atoms with E-state index in [-0.39, 0.29) is 0 Å². The Labute approximate surface area is 479 Å². The zero-order chi connectivity index (χ0) is 54.6. The number of fused-ring (bicyclic) bond motifs is 3. The molecular formula is C78H56N4. The van der Waals surface area contributed by atoms with E-state index >= 15 is 0 Å². The predicted octanol–water partition coefficient (Wildman–Crippen LogP) is 21.9. The summed E-state index contributed by atoms with van der Waals surface area (Å²) in [4.78, 5) is 6.98. The van der Waals surface area contributed by atoms with Gasteiger partial charge in [0, 0.05) is 73.2 Å². The SMILES string of the molecule is c1ccc(-c2c(-c3ccccc3)n(-c3ccccc3)c3c2cc(-c2ccc(N(c4ccc(-c5ccc(N(c6ccccc6)c6ccccc6)cc5)cc4)c4ccc(N(c5ccccc5)c5ccccc5)cc4)cc2)c2ccccc23)cc1. The van der Waals surface area contributed by atoms with Gasteiger partial charge in [0.25, 0.3) is 0 Å². The van der Waals surface area contributed by atoms with Crippen molar-refractivity contribution >= 4 is 72.9 Å². The van der Waals surface area contributed by atoms with Crippen molar-refractivity contribution in [3.05, 3.63) is 340 Å². The quantitative estimate of drug-likeness (QED) is 0.108. The molecule has 0 aliphatic rings. The van der Waals surface area contributed by atoms with E-state index in [4.69, 9.17) is 0 Å². The van der Waals surface area contributed by atoms with Gasteiger partial charge in [0.05, 0.1) is 11.2 Å². The molecule has 0 N–H and O–H groups in total. The molecular weight excluding hydrogens is 993 g/mol. The molecule has 0 unspecified atom stereocenters. The monoisotopic (exact) mass is 1050 g/mol. The van der Waals surface area contributed by atoms with E-state index in [1.165, 1.54) is 44.1 Å². The van der Waals surface area contributed by atoms with Crippen LogP contribution >= 0.6 is 0 Å². The fraction of sp³-hybridized carbons (Fsp3) is 0. The standard InChI is InChI=1S/C78H56N4/c1-8-24-60(25-9-1)76-75-56-74(72-38-22-23-39-73(72)78(75)82(66-36-20-7-21-37-66)77(76)61-26-10-2-11-27-61)59-44-50-69(51-45-59)81(71-54-52-70(53-55-71)80(64-32-16-5-17-33-64)65-34-18-6-19-35-65)68-48-42-58(43-49-68)57-40-46-67(47-41-57)79(62-28-12-3-13-29-62)63-30-14-4-15-31-63/h1-56H. The van der Waals surface area contributed by atoms with Crippen LogP contribution in [0.2, 0.25) is 0 Å². The lowest BCUT2D eigenvalue weighted by molar-refractivity contribution is 1.14. The summed E-state index contributed by atoms with van der Waals surface area (Å²) in [5, 5.41) is 3.60. The lowest BCUT2D eigenvalue weighted by Crippen LogP contribution is -2.12. The van der Waals surface area contributed by atoms with Gasteiger partial charge in [-0.15, -0.1) is 0 Å². The van der Waals surface area contributed by atoms with E-state index in [1.54, 1.807) is 0 Å². The van der Waals surface area contributed by atoms with Gasteiger partial charge in [-0.1, -0.05) is 212 Å². The van der Waals surface area contributed by atoms with Crippen LogP contribution < -0.4 is 14.7 Å². The summed E-state index contributed by atoms with van der Waals surface area (Å²) < 4.78 is 2.48. The molecule has 82 heavy (non-hydrogen) atoms. The highest BCUT2D eigenvalue weighted by Gasteiger charge is 2.25. The first kappa shape index (κ1) is 49.4. The molecule has 0 saturated heterocycles. The second-order valence-electron chi connectivity index (χ2n) is 20.5. The number of hydrogen-bond acceptors (Lipinski definition) is 3. The first-order valence-corrected chi connectivity index (χ1v) is 28.0. The molecule has 1 aromatic heterocycles. The smallest absolute Gasteiger partial charge is 0.0620 e. The number of aromatic nitrogens is 1. The summed E-state index contributed by atoms with van der Waals surface area (Å²) in [6.45, 7) is 0. The Hall–Kier alpha value is -10.9. The van der Waals surface area contributed by atoms with Crippen LogP contribution in [0.4, 0.5) is 51.2 Å². The highest BCUT2D eigenvalue weighted by molar-refractivity contribution is 6.20. The highest BCUT2D eigenvalue weighted by atomic mass is 15.2. The van der Waals surface area contributed by atoms with E-state index < -0.39 is 0 Å². The Morgan fingerprint density at radius 3 is 0.890 bits per heavy atom. The van der Waals surface area contributed by atoms with E-state index in [9.17, 15) is 0 Å². The van der Waals surface area contributed by atoms with Gasteiger partial charge in [-0.2, -0.15) is 0 Å². The summed E-state index contributed by atoms with van der Waals surface area (Å²) in [5.41, 5.74) is 21.4. The van der Waals surface area contributed by atoms with Crippen LogP contribution in [0.5, 0.6) is 0 Å². The Balaban J connectivity index is 0.883. The third-order valence-electron chi connectivity index (χ3n) is 15.5. The van der Waals surface area contributed by atoms with Gasteiger partial charge in [-0.25, -0.2) is 0 Å². The van der Waals surface area contributed by atoms with Gasteiger partial charge in [0.1, 0.15) is 0 Å². The molecule has 0 bridgehead atoms. The van der Waals surface area contributed by atoms with Crippen molar-refractivity contribution in [1.82, 2.24) is 4.57 Å². The van der Waals surface area contributed by atoms with Crippen LogP contribution in [0, 0.1) is 0 Å². The Morgan fingerprint density at radius 1 is 0.207 bits per heavy atom. The zero-order valence-electron chi connectivity index (χ0n) is 45.1. The summed E-state index contributed by atoms with van der Waals surface area (Å²) in [7, 11) is 0. The van der Waals surface area contributed by atoms with Crippen molar-refractivity contribution in [2.24, 2.45) is 0 Å². The Kier molecular flexibility index (Phi) is 13.3. The van der Waals surface area contributed by atoms with Crippen LogP contribution in [-0.2, 0) is 0 Å². The van der Waals surface area contributed by atoms with Crippen molar-refractivity contribution in [3.8, 4) is 50.3 Å². The van der Waals surface area contributed by atoms with E-state index in [1.807, 2.05) is 0 Å². The lowest BCUT2D eigenvalue weighted by atomic mass is 9.92. The molecule has 14 rings (SSSR count). The van der Waals surface area contributed by atoms with E-state index in [0.717, 1.165) is 79.1 Å². The molecule has 1 heterocycles. The maximum Gasteiger partial charge on any atom is 0.0620 e. The minimum atomic E-state index is 1.05. The maximum atomic E-state index is 2.48. The molecule has 13 aromatic carbocycles. The number of para-hydroxylation sites is 5. The van der Waals surface area contributed by atoms with Crippen molar-refractivity contribution in [1.29, 1.82) is 0 Å². The molecule has 4 heteroatoms. The molecule has 0 amide bonds. The van der Waals surface area contributed by atoms with Gasteiger partial charge in [0.15, 0.2) is 0 Å². The van der Waals surface area contributed by atoms with Gasteiger partial charge in [-0.3, -0.25) is 0 Å². The molecule has 0 atom stereocenters. The molecule has 388 valence electrons. The fourth-order valence-electron chi connectivity index (χ4n) is 11.8. The topological polar surface area (TPSA) is 14.7 Å². The predicted molar refractivity (Wildman–Crippen MR) is 347 cm³/mol. The molecule has 14 aromatic rings. The third kappa shape index (κ3) is 9.44. The molecule has 0 fully saturated rings. The minimum absolute atomic E-state index is 1.05. The lowest BCUT2D eigenvalue weighted by Gasteiger charge is -2.28. The van der Waals surface area contributed by atoms with Crippen LogP contribution in [0.15, 0.2) is 340 Å². The number of hydrogen-bond donors (Lipinski definition) is 0. The minimum Gasteiger partial charge on any atom is -0.311 e. The van der Waals surface area contributed by atoms with Gasteiger partial charge in [-0.05, 0) is 166 Å². The summed E-state index contributed by atoms with van der Waals surface area (Å²) in [6, 6.07) is 122. The molecule has 0 aliphatic carbocycles. The normalized spacial score (nSPS) is 11.2. The second kappa shape index (κ2) is 22.1. The van der Waals surface area contributed by atoms with Crippen LogP contribution in [0.3, 0.4) is 0 Å². The third-order valence-corrected chi connectivity index (χ3v) is 15.5. The first-order valence-electron chi connectivity index (χ1n) is 28.0. The largest absolute Gasteiger partial charge is 0.311 e. The van der Waals surface area contributed by atoms with Gasteiger partial charge in [0.2, 0.25) is 0 Å². The summed E-state index contributed by atoms with van der Waals surface area (Å²) >= 11 is 0. The van der Waals surface area contributed by atoms with Crippen molar-refractivity contribution in [2.75, 3.05) is 14.7 Å². The van der Waals surface area contributed by atoms with Crippen molar-refractivity contribution in [3.63, 3.8) is 0 Å². The number of benzene rings is 13. The Morgan fingerprint density at radius 2 is 0.500 bits per heavy atom. The molecule has 0 aliphatic heterocycles. The Bertz CT molecular complexity index is 4340. The van der Waals surface area contributed by atoms with Crippen LogP contribution in [0.25, 0.3) is 72.0 Å². The first-order chi connectivity index (χ1) is 40.7. The second-order valence-corrected chi connectivity index (χ2v) is 20.5. The zero-order valence-corrected chi connectivity index (χ0v) is 45.1. The fourth-order valence-corrected chi connectivity index (χ4v) is 11.8. The molecule has 0 spiro atoms. The van der Waals surface area contributed by atoms with Crippen molar-refractivity contribution in [2.45, 2.75) is 0 Å². The maximum absolute atomic E-state index is 2.48. The van der Waals surface area contributed by atoms with Crippen LogP contribution in [0.1, 0.15) is 0 Å². The van der Waals surface area contributed by atoms with Crippen LogP contribution in [-0.4, -0.2) is 4.57 Å². The number of rotatable bonds is 14. The van der Waals surface area contributed by atoms with E-state index in [2.05, 4.69) is 359 Å². The van der Waals surface area contributed by atoms with Crippen molar-refractivity contribution < 1.29 is 0 Å². The van der Waals surface area contributed by atoms with Gasteiger partial charge < -0.3 is 19.3 Å². The molecule has 4 nitrogen and oxygen atoms in total. The van der Waals surface area contributed by atoms with E-state index in [0.29, 0.717) is 0 Å². The summed E-state index contributed by atoms with van der Waals surface area (Å²) in [6.07, 6.45) is 0. The van der Waals surface area contributed by atoms with Gasteiger partial charge >= 0.3 is 0 Å². The molecule has 0 saturated carbocycles. The molecule has 0 radical (unpaired) electrons. The summed E-state index contributed by atoms with van der Waals surface area (Å²) in [5.74, 6) is 0. The average Bonchev–Trinajstić information content (AvgIpc) is 2.73.